The van der Waals surface area contributed by atoms with Gasteiger partial charge in [-0.15, -0.1) is 0 Å². The molecule has 0 aliphatic heterocycles. The van der Waals surface area contributed by atoms with Crippen LogP contribution < -0.4 is 12.4 Å². The van der Waals surface area contributed by atoms with Crippen molar-refractivity contribution in [2.24, 2.45) is 0 Å². The molecule has 0 radical (unpaired) electrons. The summed E-state index contributed by atoms with van der Waals surface area (Å²) in [5.41, 5.74) is 1.45. The first-order valence-electron chi connectivity index (χ1n) is 6.39. The van der Waals surface area contributed by atoms with Crippen molar-refractivity contribution >= 4 is 0 Å². The molecule has 0 aliphatic rings. The molecule has 0 amide bonds. The Morgan fingerprint density at radius 1 is 1.00 bits per heavy atom. The number of benzene rings is 1. The Hall–Kier alpha value is -0.530. The van der Waals surface area contributed by atoms with Crippen LogP contribution in [0.2, 0.25) is 0 Å². The molecule has 1 aromatic rings. The Bertz CT molecular complexity index is 244. The van der Waals surface area contributed by atoms with Crippen LogP contribution in [0.1, 0.15) is 45.6 Å². The first kappa shape index (κ1) is 18.8. The zero-order chi connectivity index (χ0) is 12.4. The van der Waals surface area contributed by atoms with Gasteiger partial charge in [-0.05, 0) is 38.0 Å². The first-order chi connectivity index (χ1) is 7.65. The van der Waals surface area contributed by atoms with E-state index in [1.54, 1.807) is 0 Å². The molecule has 0 aromatic heterocycles. The molecule has 0 aliphatic carbocycles. The van der Waals surface area contributed by atoms with E-state index in [2.05, 4.69) is 70.0 Å². The van der Waals surface area contributed by atoms with E-state index < -0.39 is 0 Å². The van der Waals surface area contributed by atoms with Crippen LogP contribution in [-0.4, -0.2) is 25.0 Å². The van der Waals surface area contributed by atoms with Crippen molar-refractivity contribution in [3.05, 3.63) is 35.9 Å². The van der Waals surface area contributed by atoms with Gasteiger partial charge in [-0.25, -0.2) is 0 Å². The summed E-state index contributed by atoms with van der Waals surface area (Å²) in [6, 6.07) is 10.6. The van der Waals surface area contributed by atoms with E-state index >= 15 is 0 Å². The maximum Gasteiger partial charge on any atom is -0.00504 e. The molecule has 0 bridgehead atoms. The molecule has 1 unspecified atom stereocenters. The summed E-state index contributed by atoms with van der Waals surface area (Å²) in [5, 5.41) is 0. The molecule has 0 spiro atoms. The number of halogens is 1. The van der Waals surface area contributed by atoms with E-state index in [1.807, 2.05) is 0 Å². The van der Waals surface area contributed by atoms with E-state index in [0.717, 1.165) is 13.1 Å². The lowest BCUT2D eigenvalue weighted by Crippen LogP contribution is -3.00. The van der Waals surface area contributed by atoms with E-state index in [9.17, 15) is 0 Å². The fourth-order valence-electron chi connectivity index (χ4n) is 1.24. The molecule has 0 N–H and O–H groups in total. The fourth-order valence-corrected chi connectivity index (χ4v) is 1.24. The molecule has 1 aromatic carbocycles. The van der Waals surface area contributed by atoms with Gasteiger partial charge < -0.3 is 17.3 Å². The molecule has 0 saturated carbocycles. The van der Waals surface area contributed by atoms with E-state index in [1.165, 1.54) is 12.0 Å². The predicted octanol–water partition coefficient (Wildman–Crippen LogP) is 1.16. The van der Waals surface area contributed by atoms with Gasteiger partial charge in [-0.3, -0.25) is 0 Å². The SMILES string of the molecule is CCC(C)c1ccccc1.CCN(C)CC.[Cl-]. The second-order valence-corrected chi connectivity index (χ2v) is 4.21. The number of nitrogens with zero attached hydrogens (tertiary/aromatic N) is 1. The van der Waals surface area contributed by atoms with Gasteiger partial charge in [-0.2, -0.15) is 0 Å². The van der Waals surface area contributed by atoms with Gasteiger partial charge in [0.15, 0.2) is 0 Å². The normalized spacial score (nSPS) is 11.2. The summed E-state index contributed by atoms with van der Waals surface area (Å²) in [6.07, 6.45) is 1.23. The summed E-state index contributed by atoms with van der Waals surface area (Å²) in [6.45, 7) is 11.1. The van der Waals surface area contributed by atoms with Gasteiger partial charge in [0.25, 0.3) is 0 Å². The Morgan fingerprint density at radius 2 is 1.47 bits per heavy atom. The highest BCUT2D eigenvalue weighted by Crippen LogP contribution is 2.16. The van der Waals surface area contributed by atoms with Crippen LogP contribution in [0.15, 0.2) is 30.3 Å². The molecule has 1 atom stereocenters. The van der Waals surface area contributed by atoms with Crippen molar-refractivity contribution in [2.45, 2.75) is 40.0 Å². The zero-order valence-corrected chi connectivity index (χ0v) is 12.7. The molecule has 1 rings (SSSR count). The van der Waals surface area contributed by atoms with Crippen LogP contribution in [-0.2, 0) is 0 Å². The molecule has 0 saturated heterocycles. The first-order valence-corrected chi connectivity index (χ1v) is 6.39. The second kappa shape index (κ2) is 11.9. The summed E-state index contributed by atoms with van der Waals surface area (Å²) in [4.78, 5) is 2.25. The standard InChI is InChI=1S/C10H14.C5H13N.ClH/c1-3-9(2)10-7-5-4-6-8-10;1-4-6(3)5-2;/h4-9H,3H2,1-2H3;4-5H2,1-3H3;1H/p-1. The lowest BCUT2D eigenvalue weighted by molar-refractivity contribution is -0.00000366. The third-order valence-corrected chi connectivity index (χ3v) is 3.06. The van der Waals surface area contributed by atoms with E-state index in [-0.39, 0.29) is 12.4 Å². The molecular formula is C15H27ClN-. The van der Waals surface area contributed by atoms with Crippen LogP contribution in [0.4, 0.5) is 0 Å². The minimum atomic E-state index is 0. The molecule has 2 heteroatoms. The quantitative estimate of drug-likeness (QED) is 0.782. The lowest BCUT2D eigenvalue weighted by Gasteiger charge is -2.07. The van der Waals surface area contributed by atoms with Gasteiger partial charge in [0.1, 0.15) is 0 Å². The third kappa shape index (κ3) is 9.20. The highest BCUT2D eigenvalue weighted by atomic mass is 35.5. The maximum absolute atomic E-state index is 2.26. The van der Waals surface area contributed by atoms with Crippen molar-refractivity contribution in [1.82, 2.24) is 4.90 Å². The largest absolute Gasteiger partial charge is 1.00 e. The van der Waals surface area contributed by atoms with Crippen LogP contribution >= 0.6 is 0 Å². The monoisotopic (exact) mass is 256 g/mol. The van der Waals surface area contributed by atoms with Crippen molar-refractivity contribution in [3.63, 3.8) is 0 Å². The van der Waals surface area contributed by atoms with Crippen LogP contribution in [0.3, 0.4) is 0 Å². The average molecular weight is 257 g/mol. The van der Waals surface area contributed by atoms with Crippen LogP contribution in [0.25, 0.3) is 0 Å². The topological polar surface area (TPSA) is 3.24 Å². The lowest BCUT2D eigenvalue weighted by atomic mass is 9.99. The smallest absolute Gasteiger partial charge is 0.00504 e. The average Bonchev–Trinajstić information content (AvgIpc) is 2.38. The summed E-state index contributed by atoms with van der Waals surface area (Å²) < 4.78 is 0. The Labute approximate surface area is 114 Å². The minimum absolute atomic E-state index is 0. The van der Waals surface area contributed by atoms with Gasteiger partial charge in [0.2, 0.25) is 0 Å². The van der Waals surface area contributed by atoms with Gasteiger partial charge >= 0.3 is 0 Å². The van der Waals surface area contributed by atoms with E-state index in [0.29, 0.717) is 5.92 Å². The fraction of sp³-hybridized carbons (Fsp3) is 0.600. The highest BCUT2D eigenvalue weighted by molar-refractivity contribution is 5.18. The minimum Gasteiger partial charge on any atom is -1.00 e. The Kier molecular flexibility index (Phi) is 13.2. The van der Waals surface area contributed by atoms with Crippen molar-refractivity contribution in [2.75, 3.05) is 20.1 Å². The molecule has 100 valence electrons. The zero-order valence-electron chi connectivity index (χ0n) is 11.9. The van der Waals surface area contributed by atoms with E-state index in [4.69, 9.17) is 0 Å². The van der Waals surface area contributed by atoms with Crippen molar-refractivity contribution < 1.29 is 12.4 Å². The molecular weight excluding hydrogens is 230 g/mol. The molecule has 0 heterocycles. The molecule has 0 fully saturated rings. The van der Waals surface area contributed by atoms with Crippen molar-refractivity contribution in [3.8, 4) is 0 Å². The van der Waals surface area contributed by atoms with Gasteiger partial charge in [-0.1, -0.05) is 58.0 Å². The van der Waals surface area contributed by atoms with Crippen molar-refractivity contribution in [1.29, 1.82) is 0 Å². The maximum atomic E-state index is 2.26. The predicted molar refractivity (Wildman–Crippen MR) is 74.0 cm³/mol. The summed E-state index contributed by atoms with van der Waals surface area (Å²) >= 11 is 0. The second-order valence-electron chi connectivity index (χ2n) is 4.21. The molecule has 1 nitrogen and oxygen atoms in total. The van der Waals surface area contributed by atoms with Gasteiger partial charge in [0, 0.05) is 0 Å². The number of hydrogen-bond acceptors (Lipinski definition) is 1. The summed E-state index contributed by atoms with van der Waals surface area (Å²) in [5.74, 6) is 0.709. The number of hydrogen-bond donors (Lipinski definition) is 0. The molecule has 17 heavy (non-hydrogen) atoms. The Balaban J connectivity index is 0. The summed E-state index contributed by atoms with van der Waals surface area (Å²) in [7, 11) is 2.11. The van der Waals surface area contributed by atoms with Gasteiger partial charge in [0.05, 0.1) is 0 Å². The number of rotatable bonds is 4. The third-order valence-electron chi connectivity index (χ3n) is 3.06. The Morgan fingerprint density at radius 3 is 1.76 bits per heavy atom. The highest BCUT2D eigenvalue weighted by Gasteiger charge is 1.98. The van der Waals surface area contributed by atoms with Crippen LogP contribution in [0, 0.1) is 0 Å². The van der Waals surface area contributed by atoms with Crippen LogP contribution in [0.5, 0.6) is 0 Å².